The zero-order chi connectivity index (χ0) is 10.6. The molecule has 0 aromatic rings. The molecular weight excluding hydrogens is 178 g/mol. The van der Waals surface area contributed by atoms with E-state index in [-0.39, 0.29) is 6.61 Å². The van der Waals surface area contributed by atoms with Crippen LogP contribution in [-0.2, 0) is 4.79 Å². The first-order valence-electron chi connectivity index (χ1n) is 5.46. The number of amides is 1. The minimum Gasteiger partial charge on any atom is -0.394 e. The van der Waals surface area contributed by atoms with Crippen LogP contribution in [0.1, 0.15) is 46.0 Å². The Balaban J connectivity index is 2.64. The molecular formula is C11H21NO2. The number of nitrogens with zero attached hydrogens (tertiary/aromatic N) is 1. The lowest BCUT2D eigenvalue weighted by molar-refractivity contribution is -0.128. The number of carbonyl (C=O) groups excluding carboxylic acids is 1. The summed E-state index contributed by atoms with van der Waals surface area (Å²) in [6, 6.07) is 0.336. The molecule has 0 unspecified atom stereocenters. The van der Waals surface area contributed by atoms with Crippen molar-refractivity contribution in [1.82, 2.24) is 4.90 Å². The van der Waals surface area contributed by atoms with Gasteiger partial charge in [-0.15, -0.1) is 0 Å². The van der Waals surface area contributed by atoms with Gasteiger partial charge < -0.3 is 10.0 Å². The van der Waals surface area contributed by atoms with Gasteiger partial charge in [0.15, 0.2) is 0 Å². The van der Waals surface area contributed by atoms with Crippen LogP contribution in [0.5, 0.6) is 0 Å². The molecule has 0 bridgehead atoms. The molecule has 1 fully saturated rings. The predicted molar refractivity (Wildman–Crippen MR) is 55.9 cm³/mol. The second kappa shape index (κ2) is 4.78. The van der Waals surface area contributed by atoms with E-state index in [4.69, 9.17) is 0 Å². The van der Waals surface area contributed by atoms with Crippen LogP contribution in [0.2, 0.25) is 0 Å². The molecule has 0 aromatic carbocycles. The van der Waals surface area contributed by atoms with Crippen LogP contribution in [0.3, 0.4) is 0 Å². The number of hydrogen-bond acceptors (Lipinski definition) is 2. The topological polar surface area (TPSA) is 40.5 Å². The maximum atomic E-state index is 11.0. The fourth-order valence-corrected chi connectivity index (χ4v) is 2.16. The average Bonchev–Trinajstić information content (AvgIpc) is 2.20. The van der Waals surface area contributed by atoms with Crippen molar-refractivity contribution >= 4 is 6.41 Å². The Morgan fingerprint density at radius 3 is 2.36 bits per heavy atom. The number of hydrogen-bond donors (Lipinski definition) is 1. The molecule has 1 aliphatic carbocycles. The molecule has 1 saturated carbocycles. The van der Waals surface area contributed by atoms with Crippen LogP contribution >= 0.6 is 0 Å². The normalized spacial score (nSPS) is 19.4. The van der Waals surface area contributed by atoms with Crippen LogP contribution in [-0.4, -0.2) is 34.6 Å². The first kappa shape index (κ1) is 11.5. The van der Waals surface area contributed by atoms with Gasteiger partial charge in [0, 0.05) is 6.04 Å². The zero-order valence-electron chi connectivity index (χ0n) is 9.20. The predicted octanol–water partition coefficient (Wildman–Crippen LogP) is 1.55. The number of carbonyl (C=O) groups is 1. The number of aliphatic hydroxyl groups is 1. The summed E-state index contributed by atoms with van der Waals surface area (Å²) in [6.07, 6.45) is 6.76. The van der Waals surface area contributed by atoms with Gasteiger partial charge in [-0.2, -0.15) is 0 Å². The Kier molecular flexibility index (Phi) is 3.93. The molecule has 1 N–H and O–H groups in total. The number of rotatable bonds is 4. The molecule has 0 aliphatic heterocycles. The third-order valence-corrected chi connectivity index (χ3v) is 3.17. The van der Waals surface area contributed by atoms with Gasteiger partial charge in [-0.3, -0.25) is 4.79 Å². The first-order valence-corrected chi connectivity index (χ1v) is 5.46. The fraction of sp³-hybridized carbons (Fsp3) is 0.909. The molecule has 0 heterocycles. The minimum absolute atomic E-state index is 0.0300. The van der Waals surface area contributed by atoms with Crippen molar-refractivity contribution in [2.24, 2.45) is 0 Å². The summed E-state index contributed by atoms with van der Waals surface area (Å²) in [5, 5.41) is 9.23. The maximum absolute atomic E-state index is 11.0. The van der Waals surface area contributed by atoms with Gasteiger partial charge >= 0.3 is 0 Å². The van der Waals surface area contributed by atoms with Gasteiger partial charge in [0.25, 0.3) is 0 Å². The summed E-state index contributed by atoms with van der Waals surface area (Å²) in [5.41, 5.74) is -0.413. The molecule has 0 radical (unpaired) electrons. The summed E-state index contributed by atoms with van der Waals surface area (Å²) in [7, 11) is 0. The lowest BCUT2D eigenvalue weighted by Gasteiger charge is -2.41. The molecule has 0 aromatic heterocycles. The number of aliphatic hydroxyl groups excluding tert-OH is 1. The van der Waals surface area contributed by atoms with Gasteiger partial charge in [0.05, 0.1) is 12.1 Å². The summed E-state index contributed by atoms with van der Waals surface area (Å²) < 4.78 is 0. The van der Waals surface area contributed by atoms with Crippen LogP contribution in [0.4, 0.5) is 0 Å². The largest absolute Gasteiger partial charge is 0.394 e. The van der Waals surface area contributed by atoms with Gasteiger partial charge in [-0.1, -0.05) is 19.3 Å². The molecule has 0 spiro atoms. The highest BCUT2D eigenvalue weighted by Gasteiger charge is 2.31. The van der Waals surface area contributed by atoms with Gasteiger partial charge in [-0.25, -0.2) is 0 Å². The Labute approximate surface area is 86.1 Å². The standard InChI is InChI=1S/C11H21NO2/c1-11(2,8-13)12(9-14)10-6-4-3-5-7-10/h9-10,13H,3-8H2,1-2H3. The summed E-state index contributed by atoms with van der Waals surface area (Å²) in [4.78, 5) is 12.8. The molecule has 14 heavy (non-hydrogen) atoms. The van der Waals surface area contributed by atoms with E-state index < -0.39 is 5.54 Å². The van der Waals surface area contributed by atoms with E-state index in [0.29, 0.717) is 6.04 Å². The molecule has 82 valence electrons. The monoisotopic (exact) mass is 199 g/mol. The van der Waals surface area contributed by atoms with E-state index in [1.54, 1.807) is 4.90 Å². The van der Waals surface area contributed by atoms with Crippen LogP contribution in [0.25, 0.3) is 0 Å². The Morgan fingerprint density at radius 2 is 1.93 bits per heavy atom. The van der Waals surface area contributed by atoms with Gasteiger partial charge in [-0.05, 0) is 26.7 Å². The van der Waals surface area contributed by atoms with Crippen molar-refractivity contribution in [2.45, 2.75) is 57.5 Å². The van der Waals surface area contributed by atoms with Crippen molar-refractivity contribution in [3.63, 3.8) is 0 Å². The third kappa shape index (κ3) is 2.47. The lowest BCUT2D eigenvalue weighted by atomic mass is 9.91. The minimum atomic E-state index is -0.413. The highest BCUT2D eigenvalue weighted by atomic mass is 16.3. The highest BCUT2D eigenvalue weighted by Crippen LogP contribution is 2.26. The van der Waals surface area contributed by atoms with Crippen LogP contribution in [0, 0.1) is 0 Å². The van der Waals surface area contributed by atoms with Crippen molar-refractivity contribution < 1.29 is 9.90 Å². The highest BCUT2D eigenvalue weighted by molar-refractivity contribution is 5.49. The quantitative estimate of drug-likeness (QED) is 0.698. The Hall–Kier alpha value is -0.570. The van der Waals surface area contributed by atoms with E-state index in [1.165, 1.54) is 19.3 Å². The Morgan fingerprint density at radius 1 is 1.36 bits per heavy atom. The molecule has 0 saturated heterocycles. The summed E-state index contributed by atoms with van der Waals surface area (Å²) >= 11 is 0. The first-order chi connectivity index (χ1) is 6.61. The van der Waals surface area contributed by atoms with E-state index in [9.17, 15) is 9.90 Å². The van der Waals surface area contributed by atoms with Crippen molar-refractivity contribution in [3.8, 4) is 0 Å². The lowest BCUT2D eigenvalue weighted by Crippen LogP contribution is -2.52. The van der Waals surface area contributed by atoms with Crippen LogP contribution in [0.15, 0.2) is 0 Å². The average molecular weight is 199 g/mol. The second-order valence-electron chi connectivity index (χ2n) is 4.78. The molecule has 3 nitrogen and oxygen atoms in total. The summed E-state index contributed by atoms with van der Waals surface area (Å²) in [6.45, 7) is 3.86. The molecule has 1 rings (SSSR count). The zero-order valence-corrected chi connectivity index (χ0v) is 9.20. The van der Waals surface area contributed by atoms with Crippen molar-refractivity contribution in [2.75, 3.05) is 6.61 Å². The smallest absolute Gasteiger partial charge is 0.210 e. The summed E-state index contributed by atoms with van der Waals surface area (Å²) in [5.74, 6) is 0. The molecule has 0 atom stereocenters. The van der Waals surface area contributed by atoms with E-state index in [0.717, 1.165) is 19.3 Å². The van der Waals surface area contributed by atoms with Crippen molar-refractivity contribution in [1.29, 1.82) is 0 Å². The fourth-order valence-electron chi connectivity index (χ4n) is 2.16. The molecule has 3 heteroatoms. The van der Waals surface area contributed by atoms with E-state index in [2.05, 4.69) is 0 Å². The molecule has 1 amide bonds. The Bertz CT molecular complexity index is 186. The van der Waals surface area contributed by atoms with Crippen LogP contribution < -0.4 is 0 Å². The second-order valence-corrected chi connectivity index (χ2v) is 4.78. The van der Waals surface area contributed by atoms with Crippen molar-refractivity contribution in [3.05, 3.63) is 0 Å². The maximum Gasteiger partial charge on any atom is 0.210 e. The molecule has 1 aliphatic rings. The third-order valence-electron chi connectivity index (χ3n) is 3.17. The van der Waals surface area contributed by atoms with E-state index in [1.807, 2.05) is 13.8 Å². The van der Waals surface area contributed by atoms with E-state index >= 15 is 0 Å². The van der Waals surface area contributed by atoms with Gasteiger partial charge in [0.1, 0.15) is 0 Å². The van der Waals surface area contributed by atoms with Gasteiger partial charge in [0.2, 0.25) is 6.41 Å². The SMILES string of the molecule is CC(C)(CO)N(C=O)C1CCCCC1.